The Hall–Kier alpha value is -2.30. The van der Waals surface area contributed by atoms with Gasteiger partial charge in [0, 0.05) is 6.42 Å². The van der Waals surface area contributed by atoms with E-state index in [1.165, 1.54) is 6.07 Å². The van der Waals surface area contributed by atoms with Gasteiger partial charge in [-0.2, -0.15) is 4.98 Å². The monoisotopic (exact) mass is 245 g/mol. The SMILES string of the molecule is CCc1nc(Oc2cccc(C)c2N)cc(=O)[nH]1. The molecule has 18 heavy (non-hydrogen) atoms. The largest absolute Gasteiger partial charge is 0.437 e. The minimum atomic E-state index is -0.233. The number of nitrogens with two attached hydrogens (primary N) is 1. The van der Waals surface area contributed by atoms with E-state index in [-0.39, 0.29) is 11.4 Å². The van der Waals surface area contributed by atoms with Gasteiger partial charge >= 0.3 is 0 Å². The molecule has 0 aliphatic heterocycles. The van der Waals surface area contributed by atoms with Gasteiger partial charge in [-0.25, -0.2) is 0 Å². The van der Waals surface area contributed by atoms with Gasteiger partial charge in [0.2, 0.25) is 5.88 Å². The molecular formula is C13H15N3O2. The number of nitrogens with one attached hydrogen (secondary N) is 1. The predicted octanol–water partition coefficient (Wildman–Crippen LogP) is 2.02. The molecule has 0 saturated heterocycles. The van der Waals surface area contributed by atoms with Crippen LogP contribution in [-0.2, 0) is 6.42 Å². The molecule has 3 N–H and O–H groups in total. The Morgan fingerprint density at radius 1 is 1.44 bits per heavy atom. The van der Waals surface area contributed by atoms with Gasteiger partial charge in [0.1, 0.15) is 5.82 Å². The third-order valence-corrected chi connectivity index (χ3v) is 2.60. The average Bonchev–Trinajstić information content (AvgIpc) is 2.34. The van der Waals surface area contributed by atoms with E-state index in [1.54, 1.807) is 6.07 Å². The van der Waals surface area contributed by atoms with E-state index < -0.39 is 0 Å². The van der Waals surface area contributed by atoms with E-state index in [0.29, 0.717) is 23.7 Å². The van der Waals surface area contributed by atoms with E-state index in [9.17, 15) is 4.79 Å². The van der Waals surface area contributed by atoms with Crippen LogP contribution in [0.5, 0.6) is 11.6 Å². The summed E-state index contributed by atoms with van der Waals surface area (Å²) in [5.41, 5.74) is 7.14. The molecule has 0 spiro atoms. The second kappa shape index (κ2) is 4.91. The third kappa shape index (κ3) is 2.51. The molecule has 0 radical (unpaired) electrons. The van der Waals surface area contributed by atoms with Crippen molar-refractivity contribution in [2.45, 2.75) is 20.3 Å². The van der Waals surface area contributed by atoms with Gasteiger partial charge in [-0.05, 0) is 18.6 Å². The molecule has 1 aromatic heterocycles. The fourth-order valence-corrected chi connectivity index (χ4v) is 1.56. The van der Waals surface area contributed by atoms with Gasteiger partial charge in [0.25, 0.3) is 5.56 Å². The fraction of sp³-hybridized carbons (Fsp3) is 0.231. The van der Waals surface area contributed by atoms with Crippen LogP contribution in [0.15, 0.2) is 29.1 Å². The molecule has 0 saturated carbocycles. The number of rotatable bonds is 3. The molecule has 0 amide bonds. The molecule has 2 aromatic rings. The van der Waals surface area contributed by atoms with Crippen LogP contribution in [0.25, 0.3) is 0 Å². The van der Waals surface area contributed by atoms with Crippen LogP contribution in [0.2, 0.25) is 0 Å². The molecule has 94 valence electrons. The first-order chi connectivity index (χ1) is 8.60. The molecule has 1 heterocycles. The molecule has 0 fully saturated rings. The van der Waals surface area contributed by atoms with E-state index in [0.717, 1.165) is 5.56 Å². The maximum Gasteiger partial charge on any atom is 0.254 e. The molecule has 1 aromatic carbocycles. The summed E-state index contributed by atoms with van der Waals surface area (Å²) < 4.78 is 5.56. The Morgan fingerprint density at radius 3 is 2.94 bits per heavy atom. The normalized spacial score (nSPS) is 10.3. The predicted molar refractivity (Wildman–Crippen MR) is 69.9 cm³/mol. The van der Waals surface area contributed by atoms with Crippen molar-refractivity contribution >= 4 is 5.69 Å². The number of para-hydroxylation sites is 1. The number of hydrogen-bond acceptors (Lipinski definition) is 4. The highest BCUT2D eigenvalue weighted by Crippen LogP contribution is 2.27. The Labute approximate surface area is 105 Å². The Bertz CT molecular complexity index is 620. The average molecular weight is 245 g/mol. The minimum absolute atomic E-state index is 0.233. The van der Waals surface area contributed by atoms with Gasteiger partial charge < -0.3 is 15.5 Å². The number of H-pyrrole nitrogens is 1. The van der Waals surface area contributed by atoms with Crippen LogP contribution in [0.1, 0.15) is 18.3 Å². The number of hydrogen-bond donors (Lipinski definition) is 2. The smallest absolute Gasteiger partial charge is 0.254 e. The molecule has 5 heteroatoms. The maximum atomic E-state index is 11.4. The van der Waals surface area contributed by atoms with E-state index >= 15 is 0 Å². The highest BCUT2D eigenvalue weighted by Gasteiger charge is 2.06. The van der Waals surface area contributed by atoms with Gasteiger partial charge in [-0.3, -0.25) is 4.79 Å². The first-order valence-electron chi connectivity index (χ1n) is 5.73. The standard InChI is InChI=1S/C13H15N3O2/c1-3-10-15-11(17)7-12(16-10)18-9-6-4-5-8(2)13(9)14/h4-7H,3,14H2,1-2H3,(H,15,16,17). The first kappa shape index (κ1) is 12.2. The van der Waals surface area contributed by atoms with E-state index in [1.807, 2.05) is 26.0 Å². The van der Waals surface area contributed by atoms with Crippen molar-refractivity contribution in [2.75, 3.05) is 5.73 Å². The van der Waals surface area contributed by atoms with Crippen molar-refractivity contribution in [1.29, 1.82) is 0 Å². The van der Waals surface area contributed by atoms with Crippen LogP contribution in [-0.4, -0.2) is 9.97 Å². The number of ether oxygens (including phenoxy) is 1. The summed E-state index contributed by atoms with van der Waals surface area (Å²) in [7, 11) is 0. The summed E-state index contributed by atoms with van der Waals surface area (Å²) in [6, 6.07) is 6.79. The van der Waals surface area contributed by atoms with Crippen LogP contribution in [0.3, 0.4) is 0 Å². The van der Waals surface area contributed by atoms with Crippen molar-refractivity contribution in [2.24, 2.45) is 0 Å². The van der Waals surface area contributed by atoms with Gasteiger partial charge in [0.05, 0.1) is 11.8 Å². The lowest BCUT2D eigenvalue weighted by atomic mass is 10.2. The number of benzene rings is 1. The van der Waals surface area contributed by atoms with Crippen molar-refractivity contribution < 1.29 is 4.74 Å². The maximum absolute atomic E-state index is 11.4. The van der Waals surface area contributed by atoms with E-state index in [4.69, 9.17) is 10.5 Å². The summed E-state index contributed by atoms with van der Waals surface area (Å²) in [6.45, 7) is 3.80. The molecule has 2 rings (SSSR count). The number of aromatic nitrogens is 2. The fourth-order valence-electron chi connectivity index (χ4n) is 1.56. The molecule has 0 unspecified atom stereocenters. The summed E-state index contributed by atoms with van der Waals surface area (Å²) >= 11 is 0. The molecule has 0 aliphatic carbocycles. The number of nitrogens with zero attached hydrogens (tertiary/aromatic N) is 1. The molecule has 0 atom stereocenters. The van der Waals surface area contributed by atoms with Crippen LogP contribution in [0.4, 0.5) is 5.69 Å². The second-order valence-corrected chi connectivity index (χ2v) is 3.97. The Morgan fingerprint density at radius 2 is 2.22 bits per heavy atom. The zero-order valence-electron chi connectivity index (χ0n) is 10.4. The Balaban J connectivity index is 2.37. The number of anilines is 1. The summed E-state index contributed by atoms with van der Waals surface area (Å²) in [4.78, 5) is 18.2. The lowest BCUT2D eigenvalue weighted by molar-refractivity contribution is 0.459. The number of aryl methyl sites for hydroxylation is 2. The first-order valence-corrected chi connectivity index (χ1v) is 5.73. The molecule has 0 bridgehead atoms. The van der Waals surface area contributed by atoms with Crippen molar-refractivity contribution in [3.63, 3.8) is 0 Å². The molecular weight excluding hydrogens is 230 g/mol. The van der Waals surface area contributed by atoms with Gasteiger partial charge in [-0.15, -0.1) is 0 Å². The van der Waals surface area contributed by atoms with Gasteiger partial charge in [-0.1, -0.05) is 19.1 Å². The highest BCUT2D eigenvalue weighted by atomic mass is 16.5. The molecule has 5 nitrogen and oxygen atoms in total. The minimum Gasteiger partial charge on any atom is -0.437 e. The lowest BCUT2D eigenvalue weighted by Gasteiger charge is -2.09. The van der Waals surface area contributed by atoms with Crippen LogP contribution in [0, 0.1) is 6.92 Å². The third-order valence-electron chi connectivity index (χ3n) is 2.60. The van der Waals surface area contributed by atoms with Gasteiger partial charge in [0.15, 0.2) is 5.75 Å². The Kier molecular flexibility index (Phi) is 3.32. The second-order valence-electron chi connectivity index (χ2n) is 3.97. The molecule has 0 aliphatic rings. The number of aromatic amines is 1. The van der Waals surface area contributed by atoms with Crippen LogP contribution >= 0.6 is 0 Å². The zero-order chi connectivity index (χ0) is 13.1. The van der Waals surface area contributed by atoms with Crippen molar-refractivity contribution in [1.82, 2.24) is 9.97 Å². The summed E-state index contributed by atoms with van der Waals surface area (Å²) in [6.07, 6.45) is 0.635. The highest BCUT2D eigenvalue weighted by molar-refractivity contribution is 5.58. The topological polar surface area (TPSA) is 81.0 Å². The van der Waals surface area contributed by atoms with Crippen molar-refractivity contribution in [3.8, 4) is 11.6 Å². The van der Waals surface area contributed by atoms with Crippen LogP contribution < -0.4 is 16.0 Å². The van der Waals surface area contributed by atoms with Crippen molar-refractivity contribution in [3.05, 3.63) is 46.0 Å². The zero-order valence-corrected chi connectivity index (χ0v) is 10.4. The summed E-state index contributed by atoms with van der Waals surface area (Å²) in [5, 5.41) is 0. The quantitative estimate of drug-likeness (QED) is 0.810. The lowest BCUT2D eigenvalue weighted by Crippen LogP contribution is -2.10. The summed E-state index contributed by atoms with van der Waals surface area (Å²) in [5.74, 6) is 1.35. The number of nitrogen functional groups attached to an aromatic ring is 1. The van der Waals surface area contributed by atoms with E-state index in [2.05, 4.69) is 9.97 Å².